The van der Waals surface area contributed by atoms with Crippen molar-refractivity contribution in [2.24, 2.45) is 0 Å². The molecule has 2 aliphatic rings. The Hall–Kier alpha value is -4.41. The number of fused-ring (bicyclic) bond motifs is 3. The second-order valence-corrected chi connectivity index (χ2v) is 9.94. The highest BCUT2D eigenvalue weighted by Gasteiger charge is 2.30. The Labute approximate surface area is 237 Å². The first-order valence-corrected chi connectivity index (χ1v) is 13.5. The first kappa shape index (κ1) is 28.1. The van der Waals surface area contributed by atoms with E-state index >= 15 is 0 Å². The minimum Gasteiger partial charge on any atom is -0.496 e. The number of nitrogens with one attached hydrogen (secondary N) is 2. The molecule has 1 aliphatic carbocycles. The zero-order chi connectivity index (χ0) is 28.8. The van der Waals surface area contributed by atoms with Crippen LogP contribution in [0.1, 0.15) is 52.2 Å². The topological polar surface area (TPSA) is 132 Å². The summed E-state index contributed by atoms with van der Waals surface area (Å²) >= 11 is 0. The lowest BCUT2D eigenvalue weighted by molar-refractivity contribution is -0.186. The lowest BCUT2D eigenvalue weighted by Gasteiger charge is -2.22. The van der Waals surface area contributed by atoms with E-state index in [0.717, 1.165) is 35.1 Å². The summed E-state index contributed by atoms with van der Waals surface area (Å²) in [4.78, 5) is 42.7. The van der Waals surface area contributed by atoms with E-state index in [1.807, 2.05) is 48.5 Å². The second kappa shape index (κ2) is 12.8. The van der Waals surface area contributed by atoms with E-state index in [1.54, 1.807) is 12.1 Å². The molecular formula is C31H32N2O8. The number of carbonyl (C=O) groups excluding carboxylic acids is 2. The molecule has 2 amide bonds. The molecule has 0 radical (unpaired) electrons. The van der Waals surface area contributed by atoms with Gasteiger partial charge in [-0.3, -0.25) is 4.79 Å². The molecule has 41 heavy (non-hydrogen) atoms. The van der Waals surface area contributed by atoms with Gasteiger partial charge >= 0.3 is 12.1 Å². The minimum absolute atomic E-state index is 0.0514. The van der Waals surface area contributed by atoms with E-state index in [-0.39, 0.29) is 30.3 Å². The Kier molecular flexibility index (Phi) is 8.81. The van der Waals surface area contributed by atoms with E-state index < -0.39 is 30.3 Å². The fraction of sp³-hybridized carbons (Fsp3) is 0.323. The number of carboxylic acids is 1. The first-order valence-electron chi connectivity index (χ1n) is 13.5. The summed E-state index contributed by atoms with van der Waals surface area (Å²) in [6.45, 7) is 0.644. The largest absolute Gasteiger partial charge is 0.496 e. The normalized spacial score (nSPS) is 16.7. The molecule has 10 nitrogen and oxygen atoms in total. The Bertz CT molecular complexity index is 1370. The van der Waals surface area contributed by atoms with Crippen molar-refractivity contribution in [1.82, 2.24) is 10.8 Å². The van der Waals surface area contributed by atoms with Crippen molar-refractivity contribution in [3.05, 3.63) is 89.0 Å². The number of amides is 2. The molecule has 1 saturated heterocycles. The maximum Gasteiger partial charge on any atom is 0.407 e. The Morgan fingerprint density at radius 2 is 1.71 bits per heavy atom. The predicted molar refractivity (Wildman–Crippen MR) is 148 cm³/mol. The third kappa shape index (κ3) is 6.50. The van der Waals surface area contributed by atoms with Crippen LogP contribution in [0, 0.1) is 0 Å². The molecule has 0 saturated carbocycles. The van der Waals surface area contributed by atoms with Crippen molar-refractivity contribution in [3.8, 4) is 16.9 Å². The molecule has 10 heteroatoms. The van der Waals surface area contributed by atoms with Gasteiger partial charge < -0.3 is 24.6 Å². The van der Waals surface area contributed by atoms with Gasteiger partial charge in [0.15, 0.2) is 6.29 Å². The first-order chi connectivity index (χ1) is 19.9. The Morgan fingerprint density at radius 1 is 1.00 bits per heavy atom. The highest BCUT2D eigenvalue weighted by atomic mass is 16.8. The average molecular weight is 561 g/mol. The van der Waals surface area contributed by atoms with Gasteiger partial charge in [0, 0.05) is 25.4 Å². The molecular weight excluding hydrogens is 528 g/mol. The number of carbonyl (C=O) groups is 3. The van der Waals surface area contributed by atoms with Gasteiger partial charge in [-0.15, -0.1) is 0 Å². The molecule has 5 rings (SSSR count). The number of hydrogen-bond acceptors (Lipinski definition) is 7. The Morgan fingerprint density at radius 3 is 2.34 bits per heavy atom. The highest BCUT2D eigenvalue weighted by Crippen LogP contribution is 2.44. The standard InChI is InChI=1S/C31H32N2O8/c1-38-27-17-19(13-14-24(27)29(34)33-41-28-12-6-7-15-39-28)16-26(30(35)36)32-31(37)40-18-25-22-10-4-2-8-20(22)21-9-3-5-11-23(21)25/h2-5,8-11,13-14,17,25-26,28H,6-7,12,15-16,18H2,1H3,(H,32,37)(H,33,34)(H,35,36)/t26-,28?/m0/s1. The smallest absolute Gasteiger partial charge is 0.407 e. The van der Waals surface area contributed by atoms with E-state index in [1.165, 1.54) is 13.2 Å². The zero-order valence-electron chi connectivity index (χ0n) is 22.6. The molecule has 0 bridgehead atoms. The van der Waals surface area contributed by atoms with Gasteiger partial charge in [0.05, 0.1) is 12.7 Å². The molecule has 1 aliphatic heterocycles. The lowest BCUT2D eigenvalue weighted by Crippen LogP contribution is -2.43. The van der Waals surface area contributed by atoms with Crippen molar-refractivity contribution in [3.63, 3.8) is 0 Å². The van der Waals surface area contributed by atoms with Gasteiger partial charge in [-0.25, -0.2) is 19.9 Å². The number of ether oxygens (including phenoxy) is 3. The number of benzene rings is 3. The lowest BCUT2D eigenvalue weighted by atomic mass is 9.98. The number of methoxy groups -OCH3 is 1. The van der Waals surface area contributed by atoms with Crippen LogP contribution in [0.2, 0.25) is 0 Å². The number of aliphatic carboxylic acids is 1. The molecule has 0 spiro atoms. The predicted octanol–water partition coefficient (Wildman–Crippen LogP) is 4.42. The molecule has 214 valence electrons. The van der Waals surface area contributed by atoms with E-state index in [0.29, 0.717) is 18.6 Å². The summed E-state index contributed by atoms with van der Waals surface area (Å²) in [5.41, 5.74) is 7.45. The fourth-order valence-corrected chi connectivity index (χ4v) is 5.25. The van der Waals surface area contributed by atoms with Crippen LogP contribution in [0.25, 0.3) is 11.1 Å². The summed E-state index contributed by atoms with van der Waals surface area (Å²) in [5, 5.41) is 12.2. The number of rotatable bonds is 10. The van der Waals surface area contributed by atoms with Gasteiger partial charge in [0.25, 0.3) is 5.91 Å². The van der Waals surface area contributed by atoms with Crippen molar-refractivity contribution >= 4 is 18.0 Å². The van der Waals surface area contributed by atoms with Gasteiger partial charge in [0.2, 0.25) is 0 Å². The van der Waals surface area contributed by atoms with Gasteiger partial charge in [0.1, 0.15) is 18.4 Å². The highest BCUT2D eigenvalue weighted by molar-refractivity contribution is 5.96. The molecule has 2 atom stereocenters. The minimum atomic E-state index is -1.26. The number of hydrogen-bond donors (Lipinski definition) is 3. The van der Waals surface area contributed by atoms with Crippen LogP contribution >= 0.6 is 0 Å². The van der Waals surface area contributed by atoms with Crippen LogP contribution in [0.3, 0.4) is 0 Å². The molecule has 3 aromatic rings. The molecule has 1 fully saturated rings. The summed E-state index contributed by atoms with van der Waals surface area (Å²) < 4.78 is 16.3. The monoisotopic (exact) mass is 560 g/mol. The van der Waals surface area contributed by atoms with E-state index in [2.05, 4.69) is 10.8 Å². The van der Waals surface area contributed by atoms with Gasteiger partial charge in [-0.05, 0) is 52.8 Å². The quantitative estimate of drug-likeness (QED) is 0.311. The van der Waals surface area contributed by atoms with Crippen LogP contribution in [-0.4, -0.2) is 55.7 Å². The van der Waals surface area contributed by atoms with Crippen LogP contribution < -0.4 is 15.5 Å². The maximum atomic E-state index is 12.7. The maximum absolute atomic E-state index is 12.7. The van der Waals surface area contributed by atoms with Crippen molar-refractivity contribution in [1.29, 1.82) is 0 Å². The number of hydroxylamine groups is 1. The summed E-state index contributed by atoms with van der Waals surface area (Å²) in [7, 11) is 1.41. The summed E-state index contributed by atoms with van der Waals surface area (Å²) in [5.74, 6) is -1.65. The molecule has 3 N–H and O–H groups in total. The van der Waals surface area contributed by atoms with Crippen molar-refractivity contribution in [2.75, 3.05) is 20.3 Å². The zero-order valence-corrected chi connectivity index (χ0v) is 22.6. The van der Waals surface area contributed by atoms with Crippen molar-refractivity contribution < 1.29 is 38.5 Å². The summed E-state index contributed by atoms with van der Waals surface area (Å²) in [6, 6.07) is 19.3. The number of alkyl carbamates (subject to hydrolysis) is 1. The Balaban J connectivity index is 1.19. The van der Waals surface area contributed by atoms with Gasteiger partial charge in [-0.2, -0.15) is 0 Å². The second-order valence-electron chi connectivity index (χ2n) is 9.94. The molecule has 3 aromatic carbocycles. The molecule has 1 unspecified atom stereocenters. The average Bonchev–Trinajstić information content (AvgIpc) is 3.32. The van der Waals surface area contributed by atoms with Crippen LogP contribution in [0.5, 0.6) is 5.75 Å². The third-order valence-electron chi connectivity index (χ3n) is 7.31. The summed E-state index contributed by atoms with van der Waals surface area (Å²) in [6.07, 6.45) is 1.21. The third-order valence-corrected chi connectivity index (χ3v) is 7.31. The van der Waals surface area contributed by atoms with Crippen LogP contribution in [0.15, 0.2) is 66.7 Å². The van der Waals surface area contributed by atoms with E-state index in [9.17, 15) is 19.5 Å². The van der Waals surface area contributed by atoms with Crippen molar-refractivity contribution in [2.45, 2.75) is 43.9 Å². The fourth-order valence-electron chi connectivity index (χ4n) is 5.25. The van der Waals surface area contributed by atoms with Crippen LogP contribution in [-0.2, 0) is 25.5 Å². The molecule has 1 heterocycles. The number of carboxylic acid groups (broad SMARTS) is 1. The molecule has 0 aromatic heterocycles. The van der Waals surface area contributed by atoms with E-state index in [4.69, 9.17) is 19.0 Å². The van der Waals surface area contributed by atoms with Gasteiger partial charge in [-0.1, -0.05) is 54.6 Å². The SMILES string of the molecule is COc1cc(C[C@H](NC(=O)OCC2c3ccccc3-c3ccccc32)C(=O)O)ccc1C(=O)NOC1CCCCO1. The van der Waals surface area contributed by atoms with Crippen LogP contribution in [0.4, 0.5) is 4.79 Å².